The molecule has 0 aliphatic carbocycles. The van der Waals surface area contributed by atoms with Crippen molar-refractivity contribution in [3.63, 3.8) is 0 Å². The summed E-state index contributed by atoms with van der Waals surface area (Å²) in [6.45, 7) is 2.02. The second-order valence-corrected chi connectivity index (χ2v) is 5.43. The number of nitrogens with zero attached hydrogens (tertiary/aromatic N) is 3. The van der Waals surface area contributed by atoms with Crippen LogP contribution in [0.5, 0.6) is 0 Å². The van der Waals surface area contributed by atoms with E-state index in [0.29, 0.717) is 11.8 Å². The molecule has 106 valence electrons. The second kappa shape index (κ2) is 5.63. The molecule has 1 saturated heterocycles. The zero-order valence-corrected chi connectivity index (χ0v) is 12.0. The number of hydrogen-bond acceptors (Lipinski definition) is 5. The summed E-state index contributed by atoms with van der Waals surface area (Å²) in [5.74, 6) is 1.71. The molecule has 1 atom stereocenters. The van der Waals surface area contributed by atoms with E-state index in [-0.39, 0.29) is 0 Å². The van der Waals surface area contributed by atoms with E-state index in [1.165, 1.54) is 6.42 Å². The van der Waals surface area contributed by atoms with Gasteiger partial charge in [0.2, 0.25) is 11.8 Å². The molecular formula is C15H20N4O. The van der Waals surface area contributed by atoms with Gasteiger partial charge in [-0.25, -0.2) is 0 Å². The van der Waals surface area contributed by atoms with Gasteiger partial charge in [0.15, 0.2) is 0 Å². The average Bonchev–Trinajstić information content (AvgIpc) is 2.98. The molecule has 1 fully saturated rings. The van der Waals surface area contributed by atoms with E-state index in [1.54, 1.807) is 0 Å². The van der Waals surface area contributed by atoms with Gasteiger partial charge in [-0.3, -0.25) is 0 Å². The van der Waals surface area contributed by atoms with Crippen LogP contribution >= 0.6 is 0 Å². The largest absolute Gasteiger partial charge is 0.420 e. The zero-order valence-electron chi connectivity index (χ0n) is 12.0. The molecule has 1 aromatic carbocycles. The fourth-order valence-electron chi connectivity index (χ4n) is 2.48. The highest BCUT2D eigenvalue weighted by atomic mass is 16.4. The Morgan fingerprint density at radius 2 is 2.00 bits per heavy atom. The molecule has 1 aliphatic rings. The van der Waals surface area contributed by atoms with Gasteiger partial charge < -0.3 is 14.6 Å². The van der Waals surface area contributed by atoms with Crippen molar-refractivity contribution in [2.75, 3.05) is 32.1 Å². The Labute approximate surface area is 119 Å². The molecule has 5 nitrogen and oxygen atoms in total. The van der Waals surface area contributed by atoms with Gasteiger partial charge in [-0.2, -0.15) is 0 Å². The van der Waals surface area contributed by atoms with Crippen LogP contribution in [0, 0.1) is 0 Å². The molecule has 3 rings (SSSR count). The van der Waals surface area contributed by atoms with Crippen molar-refractivity contribution in [3.05, 3.63) is 30.2 Å². The Morgan fingerprint density at radius 1 is 1.20 bits per heavy atom. The van der Waals surface area contributed by atoms with Crippen LogP contribution < -0.4 is 10.2 Å². The molecular weight excluding hydrogens is 252 g/mol. The molecule has 5 heteroatoms. The number of hydrogen-bond donors (Lipinski definition) is 1. The highest BCUT2D eigenvalue weighted by Crippen LogP contribution is 2.26. The monoisotopic (exact) mass is 272 g/mol. The summed E-state index contributed by atoms with van der Waals surface area (Å²) in [6, 6.07) is 8.15. The van der Waals surface area contributed by atoms with Crippen LogP contribution in [0.25, 0.3) is 11.5 Å². The molecule has 20 heavy (non-hydrogen) atoms. The van der Waals surface area contributed by atoms with Gasteiger partial charge in [-0.05, 0) is 43.7 Å². The summed E-state index contributed by atoms with van der Waals surface area (Å²) in [4.78, 5) is 2.07. The first kappa shape index (κ1) is 13.1. The summed E-state index contributed by atoms with van der Waals surface area (Å²) in [7, 11) is 4.05. The van der Waals surface area contributed by atoms with Crippen LogP contribution in [0.4, 0.5) is 5.69 Å². The van der Waals surface area contributed by atoms with Gasteiger partial charge >= 0.3 is 0 Å². The van der Waals surface area contributed by atoms with E-state index < -0.39 is 0 Å². The van der Waals surface area contributed by atoms with Gasteiger partial charge in [0.1, 0.15) is 0 Å². The van der Waals surface area contributed by atoms with Gasteiger partial charge in [0, 0.05) is 37.8 Å². The molecule has 2 aromatic rings. The SMILES string of the molecule is CN(C)c1ccc(-c2nnc(C3CCCNC3)o2)cc1. The van der Waals surface area contributed by atoms with Crippen LogP contribution in [-0.4, -0.2) is 37.4 Å². The molecule has 0 radical (unpaired) electrons. The van der Waals surface area contributed by atoms with Crippen molar-refractivity contribution in [3.8, 4) is 11.5 Å². The Balaban J connectivity index is 1.78. The minimum atomic E-state index is 0.353. The summed E-state index contributed by atoms with van der Waals surface area (Å²) in [6.07, 6.45) is 2.29. The van der Waals surface area contributed by atoms with Crippen molar-refractivity contribution in [1.29, 1.82) is 0 Å². The molecule has 0 spiro atoms. The third-order valence-electron chi connectivity index (χ3n) is 3.72. The average molecular weight is 272 g/mol. The Hall–Kier alpha value is -1.88. The standard InChI is InChI=1S/C15H20N4O/c1-19(2)13-7-5-11(6-8-13)14-17-18-15(20-14)12-4-3-9-16-10-12/h5-8,12,16H,3-4,9-10H2,1-2H3. The number of piperidine rings is 1. The predicted octanol–water partition coefficient (Wildman–Crippen LogP) is 2.27. The third kappa shape index (κ3) is 2.67. The third-order valence-corrected chi connectivity index (χ3v) is 3.72. The summed E-state index contributed by atoms with van der Waals surface area (Å²) >= 11 is 0. The number of rotatable bonds is 3. The summed E-state index contributed by atoms with van der Waals surface area (Å²) in [5.41, 5.74) is 2.13. The van der Waals surface area contributed by atoms with Crippen molar-refractivity contribution in [2.24, 2.45) is 0 Å². The van der Waals surface area contributed by atoms with E-state index in [1.807, 2.05) is 26.2 Å². The van der Waals surface area contributed by atoms with Crippen molar-refractivity contribution < 1.29 is 4.42 Å². The Morgan fingerprint density at radius 3 is 2.65 bits per heavy atom. The van der Waals surface area contributed by atoms with Crippen molar-refractivity contribution in [2.45, 2.75) is 18.8 Å². The molecule has 0 bridgehead atoms. The lowest BCUT2D eigenvalue weighted by Crippen LogP contribution is -2.28. The van der Waals surface area contributed by atoms with Gasteiger partial charge in [0.25, 0.3) is 0 Å². The molecule has 1 aromatic heterocycles. The Bertz CT molecular complexity index is 556. The fourth-order valence-corrected chi connectivity index (χ4v) is 2.48. The first-order valence-corrected chi connectivity index (χ1v) is 7.06. The minimum absolute atomic E-state index is 0.353. The van der Waals surface area contributed by atoms with Crippen molar-refractivity contribution in [1.82, 2.24) is 15.5 Å². The van der Waals surface area contributed by atoms with Gasteiger partial charge in [0.05, 0.1) is 0 Å². The number of nitrogens with one attached hydrogen (secondary N) is 1. The number of anilines is 1. The maximum atomic E-state index is 5.83. The molecule has 0 saturated carbocycles. The maximum absolute atomic E-state index is 5.83. The van der Waals surface area contributed by atoms with Crippen molar-refractivity contribution >= 4 is 5.69 Å². The smallest absolute Gasteiger partial charge is 0.247 e. The van der Waals surface area contributed by atoms with Crippen LogP contribution in [-0.2, 0) is 0 Å². The van der Waals surface area contributed by atoms with Crippen LogP contribution in [0.2, 0.25) is 0 Å². The molecule has 1 aliphatic heterocycles. The first-order chi connectivity index (χ1) is 9.74. The van der Waals surface area contributed by atoms with Crippen LogP contribution in [0.3, 0.4) is 0 Å². The summed E-state index contributed by atoms with van der Waals surface area (Å²) in [5, 5.41) is 11.8. The highest BCUT2D eigenvalue weighted by Gasteiger charge is 2.21. The number of benzene rings is 1. The lowest BCUT2D eigenvalue weighted by molar-refractivity contribution is 0.380. The second-order valence-electron chi connectivity index (χ2n) is 5.43. The molecule has 0 amide bonds. The van der Waals surface area contributed by atoms with Crippen LogP contribution in [0.1, 0.15) is 24.7 Å². The predicted molar refractivity (Wildman–Crippen MR) is 78.9 cm³/mol. The Kier molecular flexibility index (Phi) is 3.69. The van der Waals surface area contributed by atoms with Gasteiger partial charge in [-0.1, -0.05) is 0 Å². The van der Waals surface area contributed by atoms with E-state index >= 15 is 0 Å². The highest BCUT2D eigenvalue weighted by molar-refractivity contribution is 5.58. The topological polar surface area (TPSA) is 54.2 Å². The van der Waals surface area contributed by atoms with E-state index in [2.05, 4.69) is 32.5 Å². The number of aromatic nitrogens is 2. The molecule has 2 heterocycles. The summed E-state index contributed by atoms with van der Waals surface area (Å²) < 4.78 is 5.83. The molecule has 1 unspecified atom stereocenters. The van der Waals surface area contributed by atoms with E-state index in [4.69, 9.17) is 4.42 Å². The van der Waals surface area contributed by atoms with E-state index in [0.717, 1.165) is 36.7 Å². The zero-order chi connectivity index (χ0) is 13.9. The molecule has 1 N–H and O–H groups in total. The lowest BCUT2D eigenvalue weighted by atomic mass is 10.00. The lowest BCUT2D eigenvalue weighted by Gasteiger charge is -2.18. The first-order valence-electron chi connectivity index (χ1n) is 7.06. The maximum Gasteiger partial charge on any atom is 0.247 e. The normalized spacial score (nSPS) is 19.0. The quantitative estimate of drug-likeness (QED) is 0.929. The van der Waals surface area contributed by atoms with Gasteiger partial charge in [-0.15, -0.1) is 10.2 Å². The van der Waals surface area contributed by atoms with E-state index in [9.17, 15) is 0 Å². The fraction of sp³-hybridized carbons (Fsp3) is 0.467. The minimum Gasteiger partial charge on any atom is -0.420 e. The van der Waals surface area contributed by atoms with Crippen LogP contribution in [0.15, 0.2) is 28.7 Å².